The molecule has 0 aliphatic carbocycles. The fourth-order valence-corrected chi connectivity index (χ4v) is 2.23. The molecule has 0 saturated carbocycles. The quantitative estimate of drug-likeness (QED) is 0.908. The van der Waals surface area contributed by atoms with Crippen molar-refractivity contribution in [2.24, 2.45) is 0 Å². The Morgan fingerprint density at radius 2 is 1.80 bits per heavy atom. The van der Waals surface area contributed by atoms with E-state index in [2.05, 4.69) is 22.0 Å². The molecule has 0 unspecified atom stereocenters. The summed E-state index contributed by atoms with van der Waals surface area (Å²) in [5.74, 6) is 0.663. The Labute approximate surface area is 119 Å². The van der Waals surface area contributed by atoms with Crippen LogP contribution in [-0.2, 0) is 11.3 Å². The number of amides is 1. The number of nitrogens with one attached hydrogen (secondary N) is 1. The highest BCUT2D eigenvalue weighted by Crippen LogP contribution is 2.23. The number of nitrogens with zero attached hydrogens (tertiary/aromatic N) is 1. The minimum atomic E-state index is -0.0120. The van der Waals surface area contributed by atoms with Gasteiger partial charge in [0.2, 0.25) is 5.91 Å². The number of aryl methyl sites for hydroxylation is 2. The van der Waals surface area contributed by atoms with Crippen LogP contribution in [0.1, 0.15) is 17.8 Å². The van der Waals surface area contributed by atoms with E-state index in [1.165, 1.54) is 11.4 Å². The van der Waals surface area contributed by atoms with Crippen LogP contribution in [0.15, 0.2) is 36.4 Å². The van der Waals surface area contributed by atoms with Crippen molar-refractivity contribution in [2.75, 3.05) is 12.4 Å². The molecule has 0 saturated heterocycles. The van der Waals surface area contributed by atoms with Crippen molar-refractivity contribution >= 4 is 11.6 Å². The van der Waals surface area contributed by atoms with Gasteiger partial charge in [0.15, 0.2) is 0 Å². The summed E-state index contributed by atoms with van der Waals surface area (Å²) in [6.07, 6.45) is 0.439. The van der Waals surface area contributed by atoms with Gasteiger partial charge >= 0.3 is 0 Å². The van der Waals surface area contributed by atoms with Gasteiger partial charge in [-0.15, -0.1) is 0 Å². The number of aromatic nitrogens is 1. The van der Waals surface area contributed by atoms with Crippen LogP contribution in [0.3, 0.4) is 0 Å². The Morgan fingerprint density at radius 3 is 2.45 bits per heavy atom. The van der Waals surface area contributed by atoms with Crippen molar-refractivity contribution in [3.8, 4) is 5.75 Å². The number of benzene rings is 1. The smallest absolute Gasteiger partial charge is 0.226 e. The Balaban J connectivity index is 1.96. The Bertz CT molecular complexity index is 583. The lowest BCUT2D eigenvalue weighted by molar-refractivity contribution is -0.116. The van der Waals surface area contributed by atoms with E-state index in [0.717, 1.165) is 0 Å². The molecule has 0 bridgehead atoms. The standard InChI is InChI=1S/C16H20N2O2/c1-12-8-9-13(2)18(12)11-10-16(19)17-14-6-4-5-7-15(14)20-3/h4-9H,10-11H2,1-3H3,(H,17,19). The third kappa shape index (κ3) is 3.20. The van der Waals surface area contributed by atoms with Crippen LogP contribution in [0.2, 0.25) is 0 Å². The fraction of sp³-hybridized carbons (Fsp3) is 0.312. The van der Waals surface area contributed by atoms with Gasteiger partial charge in [-0.2, -0.15) is 0 Å². The second kappa shape index (κ2) is 6.28. The molecule has 1 amide bonds. The minimum Gasteiger partial charge on any atom is -0.495 e. The fourth-order valence-electron chi connectivity index (χ4n) is 2.23. The highest BCUT2D eigenvalue weighted by atomic mass is 16.5. The number of rotatable bonds is 5. The number of para-hydroxylation sites is 2. The van der Waals surface area contributed by atoms with Crippen LogP contribution < -0.4 is 10.1 Å². The molecule has 4 nitrogen and oxygen atoms in total. The summed E-state index contributed by atoms with van der Waals surface area (Å²) in [4.78, 5) is 12.0. The number of carbonyl (C=O) groups excluding carboxylic acids is 1. The predicted octanol–water partition coefficient (Wildman–Crippen LogP) is 3.14. The number of carbonyl (C=O) groups is 1. The number of anilines is 1. The first-order chi connectivity index (χ1) is 9.61. The number of ether oxygens (including phenoxy) is 1. The maximum absolute atomic E-state index is 12.0. The van der Waals surface area contributed by atoms with E-state index in [4.69, 9.17) is 4.74 Å². The molecule has 2 aromatic rings. The molecule has 1 heterocycles. The molecule has 1 N–H and O–H groups in total. The van der Waals surface area contributed by atoms with E-state index >= 15 is 0 Å². The summed E-state index contributed by atoms with van der Waals surface area (Å²) in [5, 5.41) is 2.89. The van der Waals surface area contributed by atoms with Gasteiger partial charge in [-0.05, 0) is 38.1 Å². The molecule has 0 aliphatic rings. The summed E-state index contributed by atoms with van der Waals surface area (Å²) >= 11 is 0. The zero-order valence-corrected chi connectivity index (χ0v) is 12.1. The normalized spacial score (nSPS) is 10.3. The third-order valence-electron chi connectivity index (χ3n) is 3.36. The van der Waals surface area contributed by atoms with E-state index in [9.17, 15) is 4.79 Å². The first-order valence-electron chi connectivity index (χ1n) is 6.67. The van der Waals surface area contributed by atoms with Gasteiger partial charge < -0.3 is 14.6 Å². The molecule has 0 atom stereocenters. The van der Waals surface area contributed by atoms with Crippen LogP contribution in [0.25, 0.3) is 0 Å². The Kier molecular flexibility index (Phi) is 4.45. The molecule has 0 radical (unpaired) electrons. The average molecular weight is 272 g/mol. The molecule has 0 spiro atoms. The van der Waals surface area contributed by atoms with Gasteiger partial charge in [0.1, 0.15) is 5.75 Å². The summed E-state index contributed by atoms with van der Waals surface area (Å²) in [6.45, 7) is 4.78. The van der Waals surface area contributed by atoms with Gasteiger partial charge in [0.05, 0.1) is 12.8 Å². The zero-order valence-electron chi connectivity index (χ0n) is 12.1. The lowest BCUT2D eigenvalue weighted by Crippen LogP contribution is -2.15. The average Bonchev–Trinajstić information content (AvgIpc) is 2.76. The molecule has 1 aromatic heterocycles. The van der Waals surface area contributed by atoms with Gasteiger partial charge in [0, 0.05) is 24.4 Å². The molecule has 106 valence electrons. The first-order valence-corrected chi connectivity index (χ1v) is 6.67. The molecular formula is C16H20N2O2. The highest BCUT2D eigenvalue weighted by molar-refractivity contribution is 5.92. The van der Waals surface area contributed by atoms with Crippen molar-refractivity contribution in [2.45, 2.75) is 26.8 Å². The lowest BCUT2D eigenvalue weighted by Gasteiger charge is -2.11. The van der Waals surface area contributed by atoms with Gasteiger partial charge in [-0.25, -0.2) is 0 Å². The van der Waals surface area contributed by atoms with Crippen molar-refractivity contribution in [3.63, 3.8) is 0 Å². The number of methoxy groups -OCH3 is 1. The largest absolute Gasteiger partial charge is 0.495 e. The topological polar surface area (TPSA) is 43.3 Å². The maximum atomic E-state index is 12.0. The molecule has 20 heavy (non-hydrogen) atoms. The molecule has 0 aliphatic heterocycles. The zero-order chi connectivity index (χ0) is 14.5. The van der Waals surface area contributed by atoms with E-state index in [1.54, 1.807) is 7.11 Å². The maximum Gasteiger partial charge on any atom is 0.226 e. The molecule has 4 heteroatoms. The van der Waals surface area contributed by atoms with Crippen LogP contribution in [-0.4, -0.2) is 17.6 Å². The van der Waals surface area contributed by atoms with Gasteiger partial charge in [-0.3, -0.25) is 4.79 Å². The third-order valence-corrected chi connectivity index (χ3v) is 3.36. The van der Waals surface area contributed by atoms with Crippen LogP contribution in [0.5, 0.6) is 5.75 Å². The van der Waals surface area contributed by atoms with Gasteiger partial charge in [0.25, 0.3) is 0 Å². The predicted molar refractivity (Wildman–Crippen MR) is 80.1 cm³/mol. The highest BCUT2D eigenvalue weighted by Gasteiger charge is 2.08. The monoisotopic (exact) mass is 272 g/mol. The SMILES string of the molecule is COc1ccccc1NC(=O)CCn1c(C)ccc1C. The Hall–Kier alpha value is -2.23. The van der Waals surface area contributed by atoms with Crippen molar-refractivity contribution in [3.05, 3.63) is 47.8 Å². The van der Waals surface area contributed by atoms with Crippen molar-refractivity contribution in [1.82, 2.24) is 4.57 Å². The lowest BCUT2D eigenvalue weighted by atomic mass is 10.2. The summed E-state index contributed by atoms with van der Waals surface area (Å²) in [5.41, 5.74) is 3.06. The van der Waals surface area contributed by atoms with Gasteiger partial charge in [-0.1, -0.05) is 12.1 Å². The second-order valence-electron chi connectivity index (χ2n) is 4.77. The molecule has 2 rings (SSSR count). The summed E-state index contributed by atoms with van der Waals surface area (Å²) in [6, 6.07) is 11.5. The molecular weight excluding hydrogens is 252 g/mol. The Morgan fingerprint density at radius 1 is 1.15 bits per heavy atom. The number of hydrogen-bond donors (Lipinski definition) is 1. The second-order valence-corrected chi connectivity index (χ2v) is 4.77. The van der Waals surface area contributed by atoms with Crippen LogP contribution in [0.4, 0.5) is 5.69 Å². The van der Waals surface area contributed by atoms with E-state index in [0.29, 0.717) is 24.4 Å². The van der Waals surface area contributed by atoms with E-state index in [-0.39, 0.29) is 5.91 Å². The summed E-state index contributed by atoms with van der Waals surface area (Å²) in [7, 11) is 1.59. The van der Waals surface area contributed by atoms with Crippen molar-refractivity contribution < 1.29 is 9.53 Å². The van der Waals surface area contributed by atoms with Crippen LogP contribution >= 0.6 is 0 Å². The summed E-state index contributed by atoms with van der Waals surface area (Å²) < 4.78 is 7.36. The van der Waals surface area contributed by atoms with Crippen LogP contribution in [0, 0.1) is 13.8 Å². The van der Waals surface area contributed by atoms with Crippen molar-refractivity contribution in [1.29, 1.82) is 0 Å². The molecule has 0 fully saturated rings. The molecule has 1 aromatic carbocycles. The number of hydrogen-bond acceptors (Lipinski definition) is 2. The minimum absolute atomic E-state index is 0.0120. The first kappa shape index (κ1) is 14.2. The van der Waals surface area contributed by atoms with E-state index < -0.39 is 0 Å². The van der Waals surface area contributed by atoms with E-state index in [1.807, 2.05) is 38.1 Å².